The number of urea groups is 1. The lowest BCUT2D eigenvalue weighted by molar-refractivity contribution is 0.211. The summed E-state index contributed by atoms with van der Waals surface area (Å²) >= 11 is 0. The number of nitrogens with zero attached hydrogens (tertiary/aromatic N) is 4. The van der Waals surface area contributed by atoms with Crippen molar-refractivity contribution in [2.75, 3.05) is 32.1 Å². The van der Waals surface area contributed by atoms with E-state index in [0.29, 0.717) is 0 Å². The van der Waals surface area contributed by atoms with Gasteiger partial charge in [-0.2, -0.15) is 0 Å². The molecule has 0 spiro atoms. The normalized spacial score (nSPS) is 18.8. The molecule has 1 fully saturated rings. The lowest BCUT2D eigenvalue weighted by Crippen LogP contribution is -2.50. The molecule has 2 heterocycles. The maximum absolute atomic E-state index is 11.7. The fourth-order valence-corrected chi connectivity index (χ4v) is 2.43. The van der Waals surface area contributed by atoms with Crippen molar-refractivity contribution in [3.8, 4) is 0 Å². The molecule has 1 atom stereocenters. The maximum atomic E-state index is 11.7. The highest BCUT2D eigenvalue weighted by molar-refractivity contribution is 5.73. The molecular weight excluding hydrogens is 254 g/mol. The second-order valence-electron chi connectivity index (χ2n) is 5.58. The van der Waals surface area contributed by atoms with Crippen molar-refractivity contribution in [3.63, 3.8) is 0 Å². The van der Waals surface area contributed by atoms with Crippen LogP contribution in [0.1, 0.15) is 24.2 Å². The van der Waals surface area contributed by atoms with Crippen LogP contribution in [0.2, 0.25) is 0 Å². The monoisotopic (exact) mass is 277 g/mol. The zero-order valence-corrected chi connectivity index (χ0v) is 12.7. The minimum atomic E-state index is -0.0433. The van der Waals surface area contributed by atoms with Gasteiger partial charge in [0.25, 0.3) is 0 Å². The Morgan fingerprint density at radius 1 is 1.35 bits per heavy atom. The number of rotatable bonds is 2. The molecule has 20 heavy (non-hydrogen) atoms. The number of aryl methyl sites for hydroxylation is 2. The van der Waals surface area contributed by atoms with Crippen LogP contribution in [0.3, 0.4) is 0 Å². The molecule has 2 rings (SSSR count). The predicted molar refractivity (Wildman–Crippen MR) is 79.0 cm³/mol. The highest BCUT2D eigenvalue weighted by Crippen LogP contribution is 2.17. The van der Waals surface area contributed by atoms with Crippen molar-refractivity contribution >= 4 is 12.0 Å². The molecule has 2 amide bonds. The number of piperidine rings is 1. The van der Waals surface area contributed by atoms with Gasteiger partial charge in [0.05, 0.1) is 0 Å². The van der Waals surface area contributed by atoms with Crippen LogP contribution in [-0.4, -0.2) is 54.1 Å². The quantitative estimate of drug-likeness (QED) is 0.886. The zero-order valence-electron chi connectivity index (χ0n) is 12.7. The van der Waals surface area contributed by atoms with Gasteiger partial charge in [0.1, 0.15) is 0 Å². The Bertz CT molecular complexity index is 468. The van der Waals surface area contributed by atoms with E-state index in [4.69, 9.17) is 0 Å². The summed E-state index contributed by atoms with van der Waals surface area (Å²) < 4.78 is 0. The van der Waals surface area contributed by atoms with Gasteiger partial charge >= 0.3 is 6.03 Å². The van der Waals surface area contributed by atoms with E-state index < -0.39 is 0 Å². The third kappa shape index (κ3) is 3.59. The third-order valence-corrected chi connectivity index (χ3v) is 3.41. The Kier molecular flexibility index (Phi) is 4.42. The van der Waals surface area contributed by atoms with Crippen LogP contribution in [0.25, 0.3) is 0 Å². The Labute approximate surface area is 120 Å². The van der Waals surface area contributed by atoms with Gasteiger partial charge < -0.3 is 15.1 Å². The summed E-state index contributed by atoms with van der Waals surface area (Å²) in [6, 6.07) is 2.08. The fraction of sp³-hybridized carbons (Fsp3) is 0.643. The van der Waals surface area contributed by atoms with E-state index in [2.05, 4.69) is 20.2 Å². The summed E-state index contributed by atoms with van der Waals surface area (Å²) in [4.78, 5) is 24.4. The van der Waals surface area contributed by atoms with Crippen molar-refractivity contribution in [3.05, 3.63) is 17.5 Å². The van der Waals surface area contributed by atoms with Crippen molar-refractivity contribution < 1.29 is 4.79 Å². The van der Waals surface area contributed by atoms with Gasteiger partial charge in [0.15, 0.2) is 0 Å². The third-order valence-electron chi connectivity index (χ3n) is 3.41. The summed E-state index contributed by atoms with van der Waals surface area (Å²) in [5.41, 5.74) is 1.96. The average molecular weight is 277 g/mol. The summed E-state index contributed by atoms with van der Waals surface area (Å²) in [6.45, 7) is 5.67. The van der Waals surface area contributed by atoms with E-state index in [1.165, 1.54) is 0 Å². The Morgan fingerprint density at radius 3 is 2.60 bits per heavy atom. The van der Waals surface area contributed by atoms with Crippen LogP contribution in [0.5, 0.6) is 0 Å². The largest absolute Gasteiger partial charge is 0.339 e. The van der Waals surface area contributed by atoms with Crippen LogP contribution in [0.15, 0.2) is 6.07 Å². The topological polar surface area (TPSA) is 61.4 Å². The van der Waals surface area contributed by atoms with Gasteiger partial charge in [0.2, 0.25) is 5.95 Å². The van der Waals surface area contributed by atoms with Gasteiger partial charge in [-0.15, -0.1) is 0 Å². The summed E-state index contributed by atoms with van der Waals surface area (Å²) in [5.74, 6) is 0.770. The van der Waals surface area contributed by atoms with Crippen LogP contribution < -0.4 is 10.2 Å². The van der Waals surface area contributed by atoms with Gasteiger partial charge in [-0.05, 0) is 32.8 Å². The minimum absolute atomic E-state index is 0.0433. The van der Waals surface area contributed by atoms with Crippen LogP contribution in [-0.2, 0) is 0 Å². The van der Waals surface area contributed by atoms with Gasteiger partial charge in [-0.3, -0.25) is 0 Å². The number of anilines is 1. The number of aromatic nitrogens is 2. The Hall–Kier alpha value is -1.85. The molecule has 1 unspecified atom stereocenters. The molecule has 6 heteroatoms. The van der Waals surface area contributed by atoms with E-state index in [9.17, 15) is 4.79 Å². The van der Waals surface area contributed by atoms with Crippen LogP contribution in [0.4, 0.5) is 10.7 Å². The first-order valence-corrected chi connectivity index (χ1v) is 7.01. The predicted octanol–water partition coefficient (Wildman–Crippen LogP) is 1.33. The molecular formula is C14H23N5O. The Balaban J connectivity index is 2.04. The molecule has 0 aromatic carbocycles. The highest BCUT2D eigenvalue weighted by Gasteiger charge is 2.23. The van der Waals surface area contributed by atoms with Gasteiger partial charge in [-0.1, -0.05) is 0 Å². The second kappa shape index (κ2) is 6.07. The van der Waals surface area contributed by atoms with E-state index in [1.54, 1.807) is 19.0 Å². The van der Waals surface area contributed by atoms with Crippen molar-refractivity contribution in [2.24, 2.45) is 0 Å². The number of amides is 2. The molecule has 0 bridgehead atoms. The minimum Gasteiger partial charge on any atom is -0.339 e. The van der Waals surface area contributed by atoms with E-state index >= 15 is 0 Å². The second-order valence-corrected chi connectivity index (χ2v) is 5.58. The van der Waals surface area contributed by atoms with Gasteiger partial charge in [0, 0.05) is 44.6 Å². The molecule has 1 aliphatic rings. The maximum Gasteiger partial charge on any atom is 0.317 e. The number of hydrogen-bond acceptors (Lipinski definition) is 4. The Morgan fingerprint density at radius 2 is 2.00 bits per heavy atom. The number of carbonyl (C=O) groups is 1. The molecule has 1 N–H and O–H groups in total. The smallest absolute Gasteiger partial charge is 0.317 e. The highest BCUT2D eigenvalue weighted by atomic mass is 16.2. The molecule has 1 aromatic heterocycles. The number of hydrogen-bond donors (Lipinski definition) is 1. The first-order chi connectivity index (χ1) is 9.45. The van der Waals surface area contributed by atoms with Crippen LogP contribution >= 0.6 is 0 Å². The molecule has 1 saturated heterocycles. The lowest BCUT2D eigenvalue weighted by atomic mass is 10.1. The van der Waals surface area contributed by atoms with Gasteiger partial charge in [-0.25, -0.2) is 14.8 Å². The van der Waals surface area contributed by atoms with Crippen molar-refractivity contribution in [1.29, 1.82) is 0 Å². The molecule has 0 radical (unpaired) electrons. The SMILES string of the molecule is Cc1cc(C)nc(N2CCCC(NC(=O)N(C)C)C2)n1. The van der Waals surface area contributed by atoms with Crippen LogP contribution in [0, 0.1) is 13.8 Å². The van der Waals surface area contributed by atoms with E-state index in [-0.39, 0.29) is 12.1 Å². The average Bonchev–Trinajstić information content (AvgIpc) is 2.37. The molecule has 0 saturated carbocycles. The molecule has 0 aliphatic carbocycles. The number of nitrogens with one attached hydrogen (secondary N) is 1. The molecule has 110 valence electrons. The van der Waals surface area contributed by atoms with Crippen molar-refractivity contribution in [1.82, 2.24) is 20.2 Å². The zero-order chi connectivity index (χ0) is 14.7. The number of carbonyl (C=O) groups excluding carboxylic acids is 1. The lowest BCUT2D eigenvalue weighted by Gasteiger charge is -2.33. The standard InChI is InChI=1S/C14H23N5O/c1-10-8-11(2)16-13(15-10)19-7-5-6-12(9-19)17-14(20)18(3)4/h8,12H,5-7,9H2,1-4H3,(H,17,20). The summed E-state index contributed by atoms with van der Waals surface area (Å²) in [6.07, 6.45) is 2.04. The molecule has 1 aromatic rings. The molecule has 6 nitrogen and oxygen atoms in total. The molecule has 1 aliphatic heterocycles. The summed E-state index contributed by atoms with van der Waals surface area (Å²) in [5, 5.41) is 3.04. The van der Waals surface area contributed by atoms with E-state index in [0.717, 1.165) is 43.3 Å². The first-order valence-electron chi connectivity index (χ1n) is 7.01. The van der Waals surface area contributed by atoms with E-state index in [1.807, 2.05) is 19.9 Å². The van der Waals surface area contributed by atoms with Crippen molar-refractivity contribution in [2.45, 2.75) is 32.7 Å². The first kappa shape index (κ1) is 14.6. The fourth-order valence-electron chi connectivity index (χ4n) is 2.43. The summed E-state index contributed by atoms with van der Waals surface area (Å²) in [7, 11) is 3.51.